The highest BCUT2D eigenvalue weighted by molar-refractivity contribution is 6.11. The minimum absolute atomic E-state index is 0.777. The van der Waals surface area contributed by atoms with E-state index in [9.17, 15) is 0 Å². The van der Waals surface area contributed by atoms with Crippen LogP contribution in [0.15, 0.2) is 115 Å². The molecule has 0 amide bonds. The Balaban J connectivity index is 1.25. The first-order valence-corrected chi connectivity index (χ1v) is 17.7. The molecule has 0 saturated heterocycles. The third-order valence-corrected chi connectivity index (χ3v) is 10.6. The van der Waals surface area contributed by atoms with Crippen LogP contribution in [0.1, 0.15) is 39.3 Å². The van der Waals surface area contributed by atoms with E-state index in [1.807, 2.05) is 6.92 Å². The van der Waals surface area contributed by atoms with Crippen LogP contribution in [0.3, 0.4) is 0 Å². The lowest BCUT2D eigenvalue weighted by Gasteiger charge is -2.18. The van der Waals surface area contributed by atoms with E-state index in [0.717, 1.165) is 50.8 Å². The Kier molecular flexibility index (Phi) is 7.01. The Labute approximate surface area is 298 Å². The maximum Gasteiger partial charge on any atom is 0.126 e. The fourth-order valence-electron chi connectivity index (χ4n) is 7.97. The first-order chi connectivity index (χ1) is 24.6. The summed E-state index contributed by atoms with van der Waals surface area (Å²) in [5, 5.41) is 5.11. The van der Waals surface area contributed by atoms with Gasteiger partial charge in [-0.15, -0.1) is 0 Å². The van der Waals surface area contributed by atoms with Crippen molar-refractivity contribution < 1.29 is 0 Å². The molecule has 0 bridgehead atoms. The molecule has 0 saturated carbocycles. The highest BCUT2D eigenvalue weighted by atomic mass is 15.0. The predicted octanol–water partition coefficient (Wildman–Crippen LogP) is 12.2. The number of fused-ring (bicyclic) bond motifs is 6. The first-order valence-electron chi connectivity index (χ1n) is 17.7. The van der Waals surface area contributed by atoms with Crippen LogP contribution < -0.4 is 0 Å². The van der Waals surface area contributed by atoms with Crippen molar-refractivity contribution in [1.29, 1.82) is 0 Å². The molecule has 248 valence electrons. The van der Waals surface area contributed by atoms with Gasteiger partial charge in [0.2, 0.25) is 0 Å². The van der Waals surface area contributed by atoms with Gasteiger partial charge in [0, 0.05) is 38.5 Å². The molecule has 9 rings (SSSR count). The average molecular weight is 661 g/mol. The van der Waals surface area contributed by atoms with E-state index in [4.69, 9.17) is 9.97 Å². The zero-order valence-corrected chi connectivity index (χ0v) is 30.3. The largest absolute Gasteiger partial charge is 0.309 e. The molecule has 6 aromatic carbocycles. The van der Waals surface area contributed by atoms with Crippen LogP contribution in [0.25, 0.3) is 77.4 Å². The van der Waals surface area contributed by atoms with Gasteiger partial charge in [-0.3, -0.25) is 0 Å². The minimum Gasteiger partial charge on any atom is -0.309 e. The molecule has 0 aliphatic heterocycles. The summed E-state index contributed by atoms with van der Waals surface area (Å²) in [4.78, 5) is 9.81. The highest BCUT2D eigenvalue weighted by Crippen LogP contribution is 2.40. The van der Waals surface area contributed by atoms with E-state index < -0.39 is 0 Å². The number of aryl methyl sites for hydroxylation is 6. The van der Waals surface area contributed by atoms with Gasteiger partial charge in [-0.05, 0) is 138 Å². The Morgan fingerprint density at radius 2 is 0.863 bits per heavy atom. The van der Waals surface area contributed by atoms with Crippen molar-refractivity contribution in [1.82, 2.24) is 19.1 Å². The molecule has 0 N–H and O–H groups in total. The Bertz CT molecular complexity index is 2750. The summed E-state index contributed by atoms with van der Waals surface area (Å²) in [6.07, 6.45) is 0. The van der Waals surface area contributed by atoms with Crippen molar-refractivity contribution in [2.24, 2.45) is 0 Å². The van der Waals surface area contributed by atoms with Crippen molar-refractivity contribution in [2.75, 3.05) is 0 Å². The Hall–Kier alpha value is -6.00. The lowest BCUT2D eigenvalue weighted by molar-refractivity contribution is 0.989. The normalized spacial score (nSPS) is 11.8. The number of hydrogen-bond acceptors (Lipinski definition) is 2. The van der Waals surface area contributed by atoms with Crippen LogP contribution in [0.2, 0.25) is 0 Å². The fraction of sp³-hybridized carbons (Fsp3) is 0.149. The van der Waals surface area contributed by atoms with Crippen LogP contribution in [-0.4, -0.2) is 19.1 Å². The van der Waals surface area contributed by atoms with E-state index in [0.29, 0.717) is 0 Å². The van der Waals surface area contributed by atoms with Crippen molar-refractivity contribution in [3.63, 3.8) is 0 Å². The molecular formula is C47H40N4. The number of aromatic nitrogens is 4. The molecule has 51 heavy (non-hydrogen) atoms. The second-order valence-corrected chi connectivity index (χ2v) is 14.4. The first kappa shape index (κ1) is 31.0. The maximum atomic E-state index is 5.09. The molecule has 0 aliphatic carbocycles. The minimum atomic E-state index is 0.777. The Morgan fingerprint density at radius 1 is 0.412 bits per heavy atom. The second-order valence-electron chi connectivity index (χ2n) is 14.4. The van der Waals surface area contributed by atoms with Gasteiger partial charge in [0.25, 0.3) is 0 Å². The number of benzene rings is 6. The van der Waals surface area contributed by atoms with Crippen LogP contribution in [0.4, 0.5) is 0 Å². The summed E-state index contributed by atoms with van der Waals surface area (Å²) in [7, 11) is 0. The van der Waals surface area contributed by atoms with Crippen molar-refractivity contribution in [3.05, 3.63) is 155 Å². The maximum absolute atomic E-state index is 5.09. The van der Waals surface area contributed by atoms with Gasteiger partial charge < -0.3 is 9.13 Å². The SMILES string of the molecule is Cc1ccc2c(c1)c1cc(C)ccc1n2-c1ccc(-c2ccc(-n3c4ccc(C)cc4c4cc(C)ccc43)c(-c3nc(C)nc(C)c3C)c2)cc1. The van der Waals surface area contributed by atoms with Gasteiger partial charge in [0.1, 0.15) is 5.82 Å². The third-order valence-electron chi connectivity index (χ3n) is 10.6. The number of hydrogen-bond donors (Lipinski definition) is 0. The summed E-state index contributed by atoms with van der Waals surface area (Å²) >= 11 is 0. The Morgan fingerprint density at radius 3 is 1.35 bits per heavy atom. The summed E-state index contributed by atoms with van der Waals surface area (Å²) < 4.78 is 4.81. The summed E-state index contributed by atoms with van der Waals surface area (Å²) in [6.45, 7) is 14.9. The third kappa shape index (κ3) is 4.97. The van der Waals surface area contributed by atoms with E-state index in [1.54, 1.807) is 0 Å². The van der Waals surface area contributed by atoms with E-state index in [2.05, 4.69) is 166 Å². The number of rotatable bonds is 4. The van der Waals surface area contributed by atoms with Crippen molar-refractivity contribution >= 4 is 43.6 Å². The molecule has 3 heterocycles. The average Bonchev–Trinajstić information content (AvgIpc) is 3.60. The van der Waals surface area contributed by atoms with E-state index in [1.165, 1.54) is 65.9 Å². The highest BCUT2D eigenvalue weighted by Gasteiger charge is 2.20. The van der Waals surface area contributed by atoms with Gasteiger partial charge in [-0.25, -0.2) is 9.97 Å². The van der Waals surface area contributed by atoms with Gasteiger partial charge in [0.15, 0.2) is 0 Å². The lowest BCUT2D eigenvalue weighted by atomic mass is 9.97. The van der Waals surface area contributed by atoms with Crippen LogP contribution in [-0.2, 0) is 0 Å². The smallest absolute Gasteiger partial charge is 0.126 e. The molecule has 3 aromatic heterocycles. The van der Waals surface area contributed by atoms with Crippen molar-refractivity contribution in [3.8, 4) is 33.8 Å². The lowest BCUT2D eigenvalue weighted by Crippen LogP contribution is -2.03. The summed E-state index contributed by atoms with van der Waals surface area (Å²) in [5.41, 5.74) is 18.6. The standard InChI is InChI=1S/C47H40N4/c1-27-8-17-42-37(22-27)38-23-28(2)9-18-43(38)50(42)36-15-12-34(13-16-36)35-14-21-46(41(26-35)47-31(5)32(6)48-33(7)49-47)51-44-19-10-29(3)24-39(44)40-25-30(4)11-20-45(40)51/h8-26H,1-7H3. The number of nitrogens with zero attached hydrogens (tertiary/aromatic N) is 4. The molecule has 0 aliphatic rings. The molecule has 0 radical (unpaired) electrons. The molecule has 4 heteroatoms. The van der Waals surface area contributed by atoms with Gasteiger partial charge in [-0.2, -0.15) is 0 Å². The van der Waals surface area contributed by atoms with Gasteiger partial charge in [-0.1, -0.05) is 64.7 Å². The molecule has 0 fully saturated rings. The van der Waals surface area contributed by atoms with E-state index >= 15 is 0 Å². The van der Waals surface area contributed by atoms with Crippen LogP contribution >= 0.6 is 0 Å². The summed E-state index contributed by atoms with van der Waals surface area (Å²) in [6, 6.07) is 43.0. The van der Waals surface area contributed by atoms with Gasteiger partial charge in [0.05, 0.1) is 33.4 Å². The zero-order valence-electron chi connectivity index (χ0n) is 30.3. The predicted molar refractivity (Wildman–Crippen MR) is 215 cm³/mol. The van der Waals surface area contributed by atoms with Crippen LogP contribution in [0.5, 0.6) is 0 Å². The molecule has 0 spiro atoms. The fourth-order valence-corrected chi connectivity index (χ4v) is 7.97. The monoisotopic (exact) mass is 660 g/mol. The van der Waals surface area contributed by atoms with Crippen LogP contribution in [0, 0.1) is 48.5 Å². The van der Waals surface area contributed by atoms with Crippen molar-refractivity contribution in [2.45, 2.75) is 48.5 Å². The molecular weight excluding hydrogens is 621 g/mol. The topological polar surface area (TPSA) is 35.6 Å². The van der Waals surface area contributed by atoms with Gasteiger partial charge >= 0.3 is 0 Å². The molecule has 9 aromatic rings. The quantitative estimate of drug-likeness (QED) is 0.188. The second kappa shape index (κ2) is 11.5. The molecule has 0 unspecified atom stereocenters. The molecule has 0 atom stereocenters. The molecule has 4 nitrogen and oxygen atoms in total. The summed E-state index contributed by atoms with van der Waals surface area (Å²) in [5.74, 6) is 0.777. The zero-order chi connectivity index (χ0) is 35.1. The van der Waals surface area contributed by atoms with E-state index in [-0.39, 0.29) is 0 Å².